The normalized spacial score (nSPS) is 18.6. The van der Waals surface area contributed by atoms with Crippen LogP contribution in [0.4, 0.5) is 0 Å². The van der Waals surface area contributed by atoms with Crippen molar-refractivity contribution in [1.82, 2.24) is 0 Å². The zero-order valence-electron chi connectivity index (χ0n) is 12.3. The molecule has 100 valence electrons. The maximum atomic E-state index is 11.3. The number of carbonyl (C=O) groups excluding carboxylic acids is 1. The lowest BCUT2D eigenvalue weighted by Gasteiger charge is -2.43. The van der Waals surface area contributed by atoms with Crippen LogP contribution in [0.5, 0.6) is 5.75 Å². The zero-order valence-corrected chi connectivity index (χ0v) is 12.3. The summed E-state index contributed by atoms with van der Waals surface area (Å²) in [7, 11) is 0. The van der Waals surface area contributed by atoms with Crippen molar-refractivity contribution in [3.05, 3.63) is 28.8 Å². The summed E-state index contributed by atoms with van der Waals surface area (Å²) in [5.74, 6) is 6.63. The minimum atomic E-state index is -0.258. The van der Waals surface area contributed by atoms with E-state index in [0.29, 0.717) is 5.56 Å². The van der Waals surface area contributed by atoms with Crippen molar-refractivity contribution in [2.24, 2.45) is 0 Å². The van der Waals surface area contributed by atoms with Crippen LogP contribution in [0.25, 0.3) is 0 Å². The van der Waals surface area contributed by atoms with Gasteiger partial charge in [-0.2, -0.15) is 0 Å². The lowest BCUT2D eigenvalue weighted by Crippen LogP contribution is -2.41. The molecule has 0 fully saturated rings. The highest BCUT2D eigenvalue weighted by Gasteiger charge is 2.40. The number of hydrogen-bond acceptors (Lipinski definition) is 2. The van der Waals surface area contributed by atoms with E-state index >= 15 is 0 Å². The SMILES string of the molecule is CC#Cc1cc(C=O)c2c(c1)C(C)(C)CC(C)(C)O2. The van der Waals surface area contributed by atoms with Gasteiger partial charge < -0.3 is 4.74 Å². The molecule has 1 aromatic rings. The van der Waals surface area contributed by atoms with Gasteiger partial charge >= 0.3 is 0 Å². The van der Waals surface area contributed by atoms with E-state index in [-0.39, 0.29) is 11.0 Å². The van der Waals surface area contributed by atoms with Crippen LogP contribution < -0.4 is 4.74 Å². The Labute approximate surface area is 115 Å². The minimum Gasteiger partial charge on any atom is -0.487 e. The summed E-state index contributed by atoms with van der Waals surface area (Å²) >= 11 is 0. The van der Waals surface area contributed by atoms with Crippen molar-refractivity contribution < 1.29 is 9.53 Å². The molecule has 1 heterocycles. The zero-order chi connectivity index (χ0) is 14.3. The summed E-state index contributed by atoms with van der Waals surface area (Å²) in [6, 6.07) is 3.86. The summed E-state index contributed by atoms with van der Waals surface area (Å²) < 4.78 is 6.03. The summed E-state index contributed by atoms with van der Waals surface area (Å²) in [6.45, 7) is 10.3. The van der Waals surface area contributed by atoms with Gasteiger partial charge in [0.2, 0.25) is 0 Å². The van der Waals surface area contributed by atoms with Crippen LogP contribution in [-0.2, 0) is 5.41 Å². The van der Waals surface area contributed by atoms with Gasteiger partial charge in [0.25, 0.3) is 0 Å². The molecule has 0 saturated heterocycles. The number of ether oxygens (including phenoxy) is 1. The molecule has 0 aromatic heterocycles. The second kappa shape index (κ2) is 4.42. The van der Waals surface area contributed by atoms with Crippen LogP contribution in [-0.4, -0.2) is 11.9 Å². The number of aldehydes is 1. The Bertz CT molecular complexity index is 583. The Morgan fingerprint density at radius 3 is 2.53 bits per heavy atom. The molecule has 1 aliphatic heterocycles. The van der Waals surface area contributed by atoms with Gasteiger partial charge in [-0.05, 0) is 44.7 Å². The fourth-order valence-electron chi connectivity index (χ4n) is 3.04. The summed E-state index contributed by atoms with van der Waals surface area (Å²) in [5, 5.41) is 0. The average Bonchev–Trinajstić information content (AvgIpc) is 2.27. The Morgan fingerprint density at radius 1 is 1.26 bits per heavy atom. The third kappa shape index (κ3) is 2.51. The van der Waals surface area contributed by atoms with Gasteiger partial charge in [0.05, 0.1) is 5.56 Å². The maximum absolute atomic E-state index is 11.3. The van der Waals surface area contributed by atoms with Crippen LogP contribution in [0.15, 0.2) is 12.1 Å². The van der Waals surface area contributed by atoms with Crippen molar-refractivity contribution in [1.29, 1.82) is 0 Å². The number of carbonyl (C=O) groups is 1. The van der Waals surface area contributed by atoms with E-state index in [1.807, 2.05) is 6.07 Å². The first-order valence-corrected chi connectivity index (χ1v) is 6.54. The summed E-state index contributed by atoms with van der Waals surface area (Å²) in [6.07, 6.45) is 1.77. The highest BCUT2D eigenvalue weighted by Crippen LogP contribution is 2.46. The van der Waals surface area contributed by atoms with Crippen LogP contribution in [0.2, 0.25) is 0 Å². The molecule has 0 unspecified atom stereocenters. The van der Waals surface area contributed by atoms with E-state index in [2.05, 4.69) is 39.5 Å². The number of hydrogen-bond donors (Lipinski definition) is 0. The van der Waals surface area contributed by atoms with E-state index in [1.165, 1.54) is 0 Å². The van der Waals surface area contributed by atoms with Gasteiger partial charge in [-0.1, -0.05) is 19.8 Å². The Kier molecular flexibility index (Phi) is 3.18. The van der Waals surface area contributed by atoms with Gasteiger partial charge in [-0.3, -0.25) is 4.79 Å². The molecule has 0 bridgehead atoms. The predicted molar refractivity (Wildman–Crippen MR) is 76.7 cm³/mol. The number of benzene rings is 1. The van der Waals surface area contributed by atoms with E-state index in [0.717, 1.165) is 29.6 Å². The molecule has 0 spiro atoms. The fraction of sp³-hybridized carbons (Fsp3) is 0.471. The molecular formula is C17H20O2. The lowest BCUT2D eigenvalue weighted by atomic mass is 9.73. The molecule has 2 nitrogen and oxygen atoms in total. The third-order valence-electron chi connectivity index (χ3n) is 3.49. The van der Waals surface area contributed by atoms with Crippen LogP contribution in [0, 0.1) is 11.8 Å². The second-order valence-corrected chi connectivity index (χ2v) is 6.36. The first kappa shape index (κ1) is 13.7. The van der Waals surface area contributed by atoms with Crippen LogP contribution >= 0.6 is 0 Å². The standard InChI is InChI=1S/C17H20O2/c1-6-7-12-8-13(10-18)15-14(9-12)16(2,3)11-17(4,5)19-15/h8-10H,11H2,1-5H3. The minimum absolute atomic E-state index is 0.0275. The molecule has 1 aliphatic rings. The van der Waals surface area contributed by atoms with Crippen molar-refractivity contribution in [2.45, 2.75) is 52.1 Å². The van der Waals surface area contributed by atoms with Crippen LogP contribution in [0.3, 0.4) is 0 Å². The summed E-state index contributed by atoms with van der Waals surface area (Å²) in [4.78, 5) is 11.3. The Balaban J connectivity index is 2.71. The van der Waals surface area contributed by atoms with Gasteiger partial charge in [0.15, 0.2) is 6.29 Å². The smallest absolute Gasteiger partial charge is 0.153 e. The van der Waals surface area contributed by atoms with Crippen molar-refractivity contribution in [2.75, 3.05) is 0 Å². The number of fused-ring (bicyclic) bond motifs is 1. The van der Waals surface area contributed by atoms with E-state index in [9.17, 15) is 4.79 Å². The Hall–Kier alpha value is -1.75. The molecule has 0 aliphatic carbocycles. The van der Waals surface area contributed by atoms with Crippen molar-refractivity contribution in [3.8, 4) is 17.6 Å². The average molecular weight is 256 g/mol. The van der Waals surface area contributed by atoms with E-state index < -0.39 is 0 Å². The maximum Gasteiger partial charge on any atom is 0.153 e. The molecule has 1 aromatic carbocycles. The topological polar surface area (TPSA) is 26.3 Å². The molecule has 0 amide bonds. The van der Waals surface area contributed by atoms with Crippen molar-refractivity contribution >= 4 is 6.29 Å². The highest BCUT2D eigenvalue weighted by molar-refractivity contribution is 5.82. The lowest BCUT2D eigenvalue weighted by molar-refractivity contribution is 0.0524. The third-order valence-corrected chi connectivity index (χ3v) is 3.49. The quantitative estimate of drug-likeness (QED) is 0.565. The number of rotatable bonds is 1. The predicted octanol–water partition coefficient (Wildman–Crippen LogP) is 3.71. The van der Waals surface area contributed by atoms with Gasteiger partial charge in [-0.15, -0.1) is 5.92 Å². The fourth-order valence-corrected chi connectivity index (χ4v) is 3.04. The van der Waals surface area contributed by atoms with Crippen LogP contribution in [0.1, 0.15) is 62.5 Å². The highest BCUT2D eigenvalue weighted by atomic mass is 16.5. The first-order valence-electron chi connectivity index (χ1n) is 6.54. The molecule has 2 rings (SSSR count). The molecule has 0 N–H and O–H groups in total. The molecule has 19 heavy (non-hydrogen) atoms. The second-order valence-electron chi connectivity index (χ2n) is 6.36. The van der Waals surface area contributed by atoms with E-state index in [4.69, 9.17) is 4.74 Å². The van der Waals surface area contributed by atoms with Gasteiger partial charge in [0.1, 0.15) is 11.4 Å². The molecule has 2 heteroatoms. The molecule has 0 atom stereocenters. The first-order chi connectivity index (χ1) is 8.79. The summed E-state index contributed by atoms with van der Waals surface area (Å²) in [5.41, 5.74) is 2.26. The van der Waals surface area contributed by atoms with E-state index in [1.54, 1.807) is 13.0 Å². The molecule has 0 radical (unpaired) electrons. The van der Waals surface area contributed by atoms with Crippen molar-refractivity contribution in [3.63, 3.8) is 0 Å². The molecular weight excluding hydrogens is 236 g/mol. The van der Waals surface area contributed by atoms with Gasteiger partial charge in [-0.25, -0.2) is 0 Å². The monoisotopic (exact) mass is 256 g/mol. The molecule has 0 saturated carbocycles. The van der Waals surface area contributed by atoms with Gasteiger partial charge in [0, 0.05) is 11.1 Å². The Morgan fingerprint density at radius 2 is 1.95 bits per heavy atom. The largest absolute Gasteiger partial charge is 0.487 e.